The molecule has 0 spiro atoms. The van der Waals surface area contributed by atoms with Crippen LogP contribution in [-0.2, 0) is 11.3 Å². The van der Waals surface area contributed by atoms with E-state index >= 15 is 0 Å². The van der Waals surface area contributed by atoms with Crippen molar-refractivity contribution in [1.29, 1.82) is 0 Å². The van der Waals surface area contributed by atoms with E-state index in [1.165, 1.54) is 0 Å². The van der Waals surface area contributed by atoms with Crippen LogP contribution in [0.4, 0.5) is 0 Å². The Hall–Kier alpha value is -2.87. The van der Waals surface area contributed by atoms with E-state index in [0.717, 1.165) is 15.8 Å². The Labute approximate surface area is 164 Å². The zero-order valence-corrected chi connectivity index (χ0v) is 16.4. The number of H-pyrrole nitrogens is 1. The summed E-state index contributed by atoms with van der Waals surface area (Å²) in [5, 5.41) is 10.5. The average Bonchev–Trinajstić information content (AvgIpc) is 3.17. The summed E-state index contributed by atoms with van der Waals surface area (Å²) < 4.78 is 17.2. The van der Waals surface area contributed by atoms with Gasteiger partial charge >= 0.3 is 5.97 Å². The molecule has 1 N–H and O–H groups in total. The van der Waals surface area contributed by atoms with Gasteiger partial charge in [-0.15, -0.1) is 5.10 Å². The van der Waals surface area contributed by atoms with Crippen molar-refractivity contribution >= 4 is 21.9 Å². The van der Waals surface area contributed by atoms with E-state index in [9.17, 15) is 4.79 Å². The highest BCUT2D eigenvalue weighted by molar-refractivity contribution is 9.10. The van der Waals surface area contributed by atoms with E-state index in [1.807, 2.05) is 30.3 Å². The highest BCUT2D eigenvalue weighted by atomic mass is 79.9. The van der Waals surface area contributed by atoms with Crippen LogP contribution >= 0.6 is 15.9 Å². The van der Waals surface area contributed by atoms with Crippen LogP contribution in [0.1, 0.15) is 23.0 Å². The largest absolute Gasteiger partial charge is 0.496 e. The molecule has 0 aliphatic heterocycles. The van der Waals surface area contributed by atoms with Crippen molar-refractivity contribution in [2.24, 2.45) is 0 Å². The van der Waals surface area contributed by atoms with Gasteiger partial charge in [0.05, 0.1) is 18.2 Å². The quantitative estimate of drug-likeness (QED) is 0.568. The Morgan fingerprint density at radius 2 is 1.96 bits per heavy atom. The van der Waals surface area contributed by atoms with Crippen LogP contribution in [0.5, 0.6) is 11.5 Å². The Balaban J connectivity index is 1.89. The summed E-state index contributed by atoms with van der Waals surface area (Å²) in [5.41, 5.74) is 2.07. The van der Waals surface area contributed by atoms with Crippen molar-refractivity contribution in [3.05, 3.63) is 58.2 Å². The molecule has 140 valence electrons. The van der Waals surface area contributed by atoms with Gasteiger partial charge in [0.15, 0.2) is 5.69 Å². The number of rotatable bonds is 7. The molecule has 3 rings (SSSR count). The monoisotopic (exact) mass is 431 g/mol. The number of methoxy groups -OCH3 is 1. The first-order valence-electron chi connectivity index (χ1n) is 8.26. The zero-order valence-electron chi connectivity index (χ0n) is 14.9. The van der Waals surface area contributed by atoms with Gasteiger partial charge in [-0.25, -0.2) is 4.79 Å². The third kappa shape index (κ3) is 4.28. The first-order valence-corrected chi connectivity index (χ1v) is 9.05. The van der Waals surface area contributed by atoms with E-state index in [1.54, 1.807) is 26.2 Å². The SMILES string of the molecule is CCOC(=O)c1n[nH]nc1-c1ccc(OC)c(COc2ccccc2Br)c1. The third-order valence-electron chi connectivity index (χ3n) is 3.79. The number of nitrogens with one attached hydrogen (secondary N) is 1. The molecule has 1 aromatic heterocycles. The van der Waals surface area contributed by atoms with Gasteiger partial charge in [0.25, 0.3) is 0 Å². The van der Waals surface area contributed by atoms with Crippen molar-refractivity contribution in [2.75, 3.05) is 13.7 Å². The van der Waals surface area contributed by atoms with E-state index in [4.69, 9.17) is 14.2 Å². The average molecular weight is 432 g/mol. The fourth-order valence-electron chi connectivity index (χ4n) is 2.53. The summed E-state index contributed by atoms with van der Waals surface area (Å²) in [7, 11) is 1.59. The minimum Gasteiger partial charge on any atom is -0.496 e. The van der Waals surface area contributed by atoms with Gasteiger partial charge < -0.3 is 14.2 Å². The molecule has 0 aliphatic rings. The maximum atomic E-state index is 12.1. The van der Waals surface area contributed by atoms with Crippen LogP contribution in [0, 0.1) is 0 Å². The Bertz CT molecular complexity index is 942. The predicted octanol–water partition coefficient (Wildman–Crippen LogP) is 4.00. The molecule has 3 aromatic rings. The molecule has 0 bridgehead atoms. The summed E-state index contributed by atoms with van der Waals surface area (Å²) in [6.45, 7) is 2.28. The lowest BCUT2D eigenvalue weighted by molar-refractivity contribution is 0.0520. The van der Waals surface area contributed by atoms with Crippen molar-refractivity contribution in [3.63, 3.8) is 0 Å². The molecule has 2 aromatic carbocycles. The molecule has 1 heterocycles. The number of carbonyl (C=O) groups is 1. The summed E-state index contributed by atoms with van der Waals surface area (Å²) in [5.74, 6) is 0.869. The predicted molar refractivity (Wildman–Crippen MR) is 103 cm³/mol. The zero-order chi connectivity index (χ0) is 19.2. The molecule has 0 amide bonds. The minimum atomic E-state index is -0.525. The van der Waals surface area contributed by atoms with Crippen LogP contribution in [0.3, 0.4) is 0 Å². The molecular formula is C19H18BrN3O4. The standard InChI is InChI=1S/C19H18BrN3O4/c1-3-26-19(24)18-17(21-23-22-18)12-8-9-15(25-2)13(10-12)11-27-16-7-5-4-6-14(16)20/h4-10H,3,11H2,1-2H3,(H,21,22,23). The first kappa shape index (κ1) is 18.9. The first-order chi connectivity index (χ1) is 13.1. The van der Waals surface area contributed by atoms with Crippen molar-refractivity contribution in [2.45, 2.75) is 13.5 Å². The number of carbonyl (C=O) groups excluding carboxylic acids is 1. The maximum Gasteiger partial charge on any atom is 0.361 e. The molecular weight excluding hydrogens is 414 g/mol. The molecule has 0 atom stereocenters. The highest BCUT2D eigenvalue weighted by Crippen LogP contribution is 2.30. The van der Waals surface area contributed by atoms with Crippen LogP contribution in [0.25, 0.3) is 11.3 Å². The van der Waals surface area contributed by atoms with Gasteiger partial charge in [0, 0.05) is 11.1 Å². The molecule has 0 saturated heterocycles. The number of esters is 1. The van der Waals surface area contributed by atoms with Crippen LogP contribution < -0.4 is 9.47 Å². The smallest absolute Gasteiger partial charge is 0.361 e. The van der Waals surface area contributed by atoms with E-state index in [-0.39, 0.29) is 18.9 Å². The van der Waals surface area contributed by atoms with Gasteiger partial charge in [-0.2, -0.15) is 10.3 Å². The molecule has 0 unspecified atom stereocenters. The highest BCUT2D eigenvalue weighted by Gasteiger charge is 2.20. The lowest BCUT2D eigenvalue weighted by atomic mass is 10.1. The van der Waals surface area contributed by atoms with Crippen LogP contribution in [-0.4, -0.2) is 35.1 Å². The van der Waals surface area contributed by atoms with E-state index in [2.05, 4.69) is 31.3 Å². The fourth-order valence-corrected chi connectivity index (χ4v) is 2.93. The number of benzene rings is 2. The van der Waals surface area contributed by atoms with Gasteiger partial charge in [0.2, 0.25) is 0 Å². The second-order valence-corrected chi connectivity index (χ2v) is 6.34. The molecule has 0 saturated carbocycles. The van der Waals surface area contributed by atoms with Gasteiger partial charge in [0.1, 0.15) is 23.8 Å². The number of halogens is 1. The van der Waals surface area contributed by atoms with Gasteiger partial charge in [-0.3, -0.25) is 0 Å². The third-order valence-corrected chi connectivity index (χ3v) is 4.45. The molecule has 7 nitrogen and oxygen atoms in total. The number of nitrogens with zero attached hydrogens (tertiary/aromatic N) is 2. The van der Waals surface area contributed by atoms with Crippen molar-refractivity contribution < 1.29 is 19.0 Å². The molecule has 8 heteroatoms. The normalized spacial score (nSPS) is 10.5. The minimum absolute atomic E-state index is 0.139. The van der Waals surface area contributed by atoms with Gasteiger partial charge in [-0.1, -0.05) is 12.1 Å². The fraction of sp³-hybridized carbons (Fsp3) is 0.211. The molecule has 0 fully saturated rings. The Kier molecular flexibility index (Phi) is 6.08. The molecule has 0 aliphatic carbocycles. The van der Waals surface area contributed by atoms with Crippen molar-refractivity contribution in [1.82, 2.24) is 15.4 Å². The molecule has 27 heavy (non-hydrogen) atoms. The maximum absolute atomic E-state index is 12.1. The topological polar surface area (TPSA) is 86.3 Å². The number of hydrogen-bond acceptors (Lipinski definition) is 6. The summed E-state index contributed by atoms with van der Waals surface area (Å²) in [6.07, 6.45) is 0. The lowest BCUT2D eigenvalue weighted by Crippen LogP contribution is -2.07. The number of aromatic nitrogens is 3. The Morgan fingerprint density at radius 3 is 2.70 bits per heavy atom. The van der Waals surface area contributed by atoms with Crippen LogP contribution in [0.15, 0.2) is 46.9 Å². The second kappa shape index (κ2) is 8.68. The summed E-state index contributed by atoms with van der Waals surface area (Å²) in [4.78, 5) is 12.1. The van der Waals surface area contributed by atoms with Gasteiger partial charge in [-0.05, 0) is 53.2 Å². The van der Waals surface area contributed by atoms with E-state index in [0.29, 0.717) is 17.0 Å². The number of ether oxygens (including phenoxy) is 3. The summed E-state index contributed by atoms with van der Waals surface area (Å²) in [6, 6.07) is 13.1. The van der Waals surface area contributed by atoms with Crippen molar-refractivity contribution in [3.8, 4) is 22.8 Å². The number of para-hydroxylation sites is 1. The lowest BCUT2D eigenvalue weighted by Gasteiger charge is -2.12. The van der Waals surface area contributed by atoms with E-state index < -0.39 is 5.97 Å². The number of aromatic amines is 1. The second-order valence-electron chi connectivity index (χ2n) is 5.49. The number of hydrogen-bond donors (Lipinski definition) is 1. The summed E-state index contributed by atoms with van der Waals surface area (Å²) >= 11 is 3.46. The van der Waals surface area contributed by atoms with Crippen LogP contribution in [0.2, 0.25) is 0 Å². The molecule has 0 radical (unpaired) electrons. The Morgan fingerprint density at radius 1 is 1.15 bits per heavy atom.